The number of hydrogen-bond acceptors (Lipinski definition) is 5. The van der Waals surface area contributed by atoms with E-state index in [4.69, 9.17) is 9.73 Å². The van der Waals surface area contributed by atoms with E-state index < -0.39 is 0 Å². The van der Waals surface area contributed by atoms with Gasteiger partial charge < -0.3 is 25.2 Å². The van der Waals surface area contributed by atoms with Gasteiger partial charge in [0.2, 0.25) is 0 Å². The summed E-state index contributed by atoms with van der Waals surface area (Å²) in [6.45, 7) is 15.9. The molecular formula is C25H38N6O. The highest BCUT2D eigenvalue weighted by Gasteiger charge is 2.16. The number of aryl methyl sites for hydroxylation is 1. The van der Waals surface area contributed by atoms with Crippen molar-refractivity contribution in [1.82, 2.24) is 20.5 Å². The Labute approximate surface area is 192 Å². The molecule has 1 aliphatic rings. The third-order valence-electron chi connectivity index (χ3n) is 5.60. The minimum atomic E-state index is 0.0231. The van der Waals surface area contributed by atoms with Crippen molar-refractivity contribution in [1.29, 1.82) is 0 Å². The molecule has 1 unspecified atom stereocenters. The number of guanidine groups is 1. The molecule has 2 heterocycles. The fourth-order valence-electron chi connectivity index (χ4n) is 3.74. The van der Waals surface area contributed by atoms with E-state index in [2.05, 4.69) is 71.3 Å². The lowest BCUT2D eigenvalue weighted by molar-refractivity contribution is 0.223. The second-order valence-electron chi connectivity index (χ2n) is 8.26. The fourth-order valence-corrected chi connectivity index (χ4v) is 3.74. The zero-order valence-corrected chi connectivity index (χ0v) is 20.0. The molecular weight excluding hydrogens is 400 g/mol. The Balaban J connectivity index is 1.54. The summed E-state index contributed by atoms with van der Waals surface area (Å²) in [5.41, 5.74) is 2.36. The number of hydrogen-bond donors (Lipinski definition) is 2. The van der Waals surface area contributed by atoms with Gasteiger partial charge in [0.1, 0.15) is 17.7 Å². The van der Waals surface area contributed by atoms with E-state index in [0.29, 0.717) is 13.1 Å². The van der Waals surface area contributed by atoms with Crippen molar-refractivity contribution in [3.05, 3.63) is 53.7 Å². The first-order valence-corrected chi connectivity index (χ1v) is 11.7. The van der Waals surface area contributed by atoms with Gasteiger partial charge in [0.05, 0.1) is 13.1 Å². The van der Waals surface area contributed by atoms with Crippen molar-refractivity contribution in [2.45, 2.75) is 40.3 Å². The molecule has 0 amide bonds. The third kappa shape index (κ3) is 7.41. The Morgan fingerprint density at radius 3 is 2.66 bits per heavy atom. The normalized spacial score (nSPS) is 16.0. The highest BCUT2D eigenvalue weighted by atomic mass is 16.5. The van der Waals surface area contributed by atoms with Crippen molar-refractivity contribution < 1.29 is 4.74 Å². The molecule has 2 N–H and O–H groups in total. The minimum absolute atomic E-state index is 0.0231. The summed E-state index contributed by atoms with van der Waals surface area (Å²) in [5, 5.41) is 6.72. The molecule has 1 fully saturated rings. The van der Waals surface area contributed by atoms with Crippen LogP contribution >= 0.6 is 0 Å². The number of aromatic nitrogens is 1. The standard InChI is InChI=1S/C25H38N6O/c1-5-26-25(28-18-21(4)32-23-9-7-8-20(3)16-23)29-19-22-10-11-27-24(17-22)31-14-12-30(6-2)13-15-31/h7-11,16-17,21H,5-6,12-15,18-19H2,1-4H3,(H2,26,28,29). The van der Waals surface area contributed by atoms with Gasteiger partial charge in [-0.25, -0.2) is 9.98 Å². The predicted molar refractivity (Wildman–Crippen MR) is 133 cm³/mol. The highest BCUT2D eigenvalue weighted by Crippen LogP contribution is 2.16. The number of piperazine rings is 1. The number of anilines is 1. The van der Waals surface area contributed by atoms with Crippen LogP contribution < -0.4 is 20.3 Å². The van der Waals surface area contributed by atoms with E-state index in [-0.39, 0.29) is 6.10 Å². The Kier molecular flexibility index (Phi) is 9.16. The second-order valence-corrected chi connectivity index (χ2v) is 8.26. The first kappa shape index (κ1) is 23.9. The van der Waals surface area contributed by atoms with Gasteiger partial charge in [-0.05, 0) is 62.7 Å². The van der Waals surface area contributed by atoms with Crippen LogP contribution in [0.5, 0.6) is 5.75 Å². The molecule has 1 aromatic heterocycles. The van der Waals surface area contributed by atoms with E-state index in [1.165, 1.54) is 5.56 Å². The number of aliphatic imine (C=N–C) groups is 1. The van der Waals surface area contributed by atoms with Crippen molar-refractivity contribution in [3.63, 3.8) is 0 Å². The van der Waals surface area contributed by atoms with Crippen molar-refractivity contribution in [3.8, 4) is 5.75 Å². The molecule has 7 nitrogen and oxygen atoms in total. The summed E-state index contributed by atoms with van der Waals surface area (Å²) < 4.78 is 6.02. The number of rotatable bonds is 9. The quantitative estimate of drug-likeness (QED) is 0.463. The molecule has 7 heteroatoms. The van der Waals surface area contributed by atoms with Gasteiger partial charge in [0.15, 0.2) is 5.96 Å². The summed E-state index contributed by atoms with van der Waals surface area (Å²) in [6.07, 6.45) is 1.92. The average molecular weight is 439 g/mol. The van der Waals surface area contributed by atoms with Gasteiger partial charge in [-0.3, -0.25) is 0 Å². The van der Waals surface area contributed by atoms with Crippen LogP contribution in [-0.2, 0) is 6.54 Å². The maximum Gasteiger partial charge on any atom is 0.191 e. The summed E-state index contributed by atoms with van der Waals surface area (Å²) in [7, 11) is 0. The largest absolute Gasteiger partial charge is 0.489 e. The van der Waals surface area contributed by atoms with Crippen LogP contribution in [0.15, 0.2) is 47.6 Å². The van der Waals surface area contributed by atoms with E-state index in [1.54, 1.807) is 0 Å². The number of ether oxygens (including phenoxy) is 1. The Morgan fingerprint density at radius 1 is 1.12 bits per heavy atom. The zero-order valence-electron chi connectivity index (χ0n) is 20.0. The molecule has 174 valence electrons. The van der Waals surface area contributed by atoms with Gasteiger partial charge in [-0.1, -0.05) is 19.1 Å². The van der Waals surface area contributed by atoms with Gasteiger partial charge in [-0.15, -0.1) is 0 Å². The first-order chi connectivity index (χ1) is 15.6. The molecule has 0 aliphatic carbocycles. The Morgan fingerprint density at radius 2 is 1.94 bits per heavy atom. The van der Waals surface area contributed by atoms with Crippen LogP contribution in [0, 0.1) is 6.92 Å². The Bertz CT molecular complexity index is 863. The van der Waals surface area contributed by atoms with E-state index in [0.717, 1.165) is 62.4 Å². The number of nitrogens with zero attached hydrogens (tertiary/aromatic N) is 4. The predicted octanol–water partition coefficient (Wildman–Crippen LogP) is 3.05. The topological polar surface area (TPSA) is 65.0 Å². The summed E-state index contributed by atoms with van der Waals surface area (Å²) in [6, 6.07) is 12.3. The fraction of sp³-hybridized carbons (Fsp3) is 0.520. The van der Waals surface area contributed by atoms with E-state index in [1.807, 2.05) is 24.4 Å². The average Bonchev–Trinajstić information content (AvgIpc) is 2.81. The Hall–Kier alpha value is -2.80. The third-order valence-corrected chi connectivity index (χ3v) is 5.60. The van der Waals surface area contributed by atoms with Crippen LogP contribution in [0.3, 0.4) is 0 Å². The molecule has 1 saturated heterocycles. The SMILES string of the molecule is CCNC(=NCc1ccnc(N2CCN(CC)CC2)c1)NCC(C)Oc1cccc(C)c1. The van der Waals surface area contributed by atoms with Crippen molar-refractivity contribution in [2.24, 2.45) is 4.99 Å². The first-order valence-electron chi connectivity index (χ1n) is 11.7. The minimum Gasteiger partial charge on any atom is -0.489 e. The van der Waals surface area contributed by atoms with Gasteiger partial charge in [0, 0.05) is 38.9 Å². The van der Waals surface area contributed by atoms with Crippen LogP contribution in [0.2, 0.25) is 0 Å². The van der Waals surface area contributed by atoms with Crippen LogP contribution in [-0.4, -0.2) is 67.8 Å². The van der Waals surface area contributed by atoms with Crippen LogP contribution in [0.25, 0.3) is 0 Å². The maximum atomic E-state index is 6.02. The molecule has 1 aromatic carbocycles. The van der Waals surface area contributed by atoms with Gasteiger partial charge >= 0.3 is 0 Å². The lowest BCUT2D eigenvalue weighted by Crippen LogP contribution is -2.46. The van der Waals surface area contributed by atoms with Crippen LogP contribution in [0.1, 0.15) is 31.9 Å². The number of likely N-dealkylation sites (N-methyl/N-ethyl adjacent to an activating group) is 1. The molecule has 0 bridgehead atoms. The molecule has 0 radical (unpaired) electrons. The molecule has 1 atom stereocenters. The number of pyridine rings is 1. The molecule has 0 saturated carbocycles. The summed E-state index contributed by atoms with van der Waals surface area (Å²) in [5.74, 6) is 2.74. The number of nitrogens with one attached hydrogen (secondary N) is 2. The molecule has 0 spiro atoms. The summed E-state index contributed by atoms with van der Waals surface area (Å²) >= 11 is 0. The lowest BCUT2D eigenvalue weighted by atomic mass is 10.2. The smallest absolute Gasteiger partial charge is 0.191 e. The maximum absolute atomic E-state index is 6.02. The molecule has 32 heavy (non-hydrogen) atoms. The molecule has 3 rings (SSSR count). The second kappa shape index (κ2) is 12.3. The lowest BCUT2D eigenvalue weighted by Gasteiger charge is -2.34. The van der Waals surface area contributed by atoms with E-state index in [9.17, 15) is 0 Å². The van der Waals surface area contributed by atoms with Gasteiger partial charge in [-0.2, -0.15) is 0 Å². The van der Waals surface area contributed by atoms with Crippen molar-refractivity contribution >= 4 is 11.8 Å². The summed E-state index contributed by atoms with van der Waals surface area (Å²) in [4.78, 5) is 14.2. The van der Waals surface area contributed by atoms with E-state index >= 15 is 0 Å². The highest BCUT2D eigenvalue weighted by molar-refractivity contribution is 5.79. The monoisotopic (exact) mass is 438 g/mol. The zero-order chi connectivity index (χ0) is 22.8. The number of benzene rings is 1. The van der Waals surface area contributed by atoms with Gasteiger partial charge in [0.25, 0.3) is 0 Å². The molecule has 2 aromatic rings. The molecule has 1 aliphatic heterocycles. The van der Waals surface area contributed by atoms with Crippen molar-refractivity contribution in [2.75, 3.05) is 50.7 Å². The van der Waals surface area contributed by atoms with Crippen LogP contribution in [0.4, 0.5) is 5.82 Å².